The van der Waals surface area contributed by atoms with Crippen LogP contribution in [0.5, 0.6) is 0 Å². The van der Waals surface area contributed by atoms with Gasteiger partial charge in [0.25, 0.3) is 0 Å². The smallest absolute Gasteiger partial charge is 0.201 e. The van der Waals surface area contributed by atoms with Gasteiger partial charge in [-0.1, -0.05) is 12.1 Å². The van der Waals surface area contributed by atoms with Crippen molar-refractivity contribution in [1.29, 1.82) is 0 Å². The molecule has 3 rings (SSSR count). The molecule has 0 amide bonds. The Bertz CT molecular complexity index is 516. The largest absolute Gasteiger partial charge is 0.379 e. The predicted octanol–water partition coefficient (Wildman–Crippen LogP) is 2.05. The van der Waals surface area contributed by atoms with Crippen molar-refractivity contribution in [3.63, 3.8) is 0 Å². The Morgan fingerprint density at radius 3 is 3.00 bits per heavy atom. The van der Waals surface area contributed by atoms with Crippen molar-refractivity contribution in [2.75, 3.05) is 18.9 Å². The minimum absolute atomic E-state index is 0.571. The molecule has 1 aromatic heterocycles. The number of imidazole rings is 1. The Hall–Kier alpha value is -1.55. The molecule has 4 nitrogen and oxygen atoms in total. The molecule has 0 atom stereocenters. The van der Waals surface area contributed by atoms with E-state index in [0.717, 1.165) is 30.1 Å². The summed E-state index contributed by atoms with van der Waals surface area (Å²) in [5.41, 5.74) is 7.94. The Labute approximate surface area is 100 Å². The fourth-order valence-corrected chi connectivity index (χ4v) is 2.02. The topological polar surface area (TPSA) is 53.1 Å². The molecule has 2 aromatic rings. The molecule has 0 aliphatic heterocycles. The summed E-state index contributed by atoms with van der Waals surface area (Å²) < 4.78 is 7.65. The van der Waals surface area contributed by atoms with E-state index in [2.05, 4.69) is 4.98 Å². The van der Waals surface area contributed by atoms with Crippen molar-refractivity contribution in [2.24, 2.45) is 5.92 Å². The molecule has 1 fully saturated rings. The molecular formula is C13H17N3O. The highest BCUT2D eigenvalue weighted by Crippen LogP contribution is 2.28. The standard InChI is InChI=1S/C13H17N3O/c14-13-15-11-3-1-2-4-12(11)16(13)7-8-17-9-10-5-6-10/h1-4,10H,5-9H2,(H2,14,15). The molecule has 17 heavy (non-hydrogen) atoms. The van der Waals surface area contributed by atoms with E-state index in [-0.39, 0.29) is 0 Å². The summed E-state index contributed by atoms with van der Waals surface area (Å²) in [6.07, 6.45) is 2.66. The molecule has 90 valence electrons. The van der Waals surface area contributed by atoms with Crippen LogP contribution in [0.1, 0.15) is 12.8 Å². The van der Waals surface area contributed by atoms with Crippen LogP contribution in [-0.2, 0) is 11.3 Å². The quantitative estimate of drug-likeness (QED) is 0.801. The van der Waals surface area contributed by atoms with Crippen molar-refractivity contribution in [3.8, 4) is 0 Å². The van der Waals surface area contributed by atoms with Gasteiger partial charge >= 0.3 is 0 Å². The normalized spacial score (nSPS) is 15.5. The Morgan fingerprint density at radius 2 is 2.18 bits per heavy atom. The van der Waals surface area contributed by atoms with Crippen LogP contribution in [0.15, 0.2) is 24.3 Å². The third-order valence-electron chi connectivity index (χ3n) is 3.19. The molecule has 1 aliphatic carbocycles. The van der Waals surface area contributed by atoms with Crippen LogP contribution in [0.25, 0.3) is 11.0 Å². The number of nitrogen functional groups attached to an aromatic ring is 1. The zero-order valence-corrected chi connectivity index (χ0v) is 9.80. The highest BCUT2D eigenvalue weighted by atomic mass is 16.5. The molecule has 1 aromatic carbocycles. The number of anilines is 1. The van der Waals surface area contributed by atoms with Crippen LogP contribution in [-0.4, -0.2) is 22.8 Å². The summed E-state index contributed by atoms with van der Waals surface area (Å²) in [7, 11) is 0. The maximum atomic E-state index is 5.90. The Balaban J connectivity index is 1.68. The van der Waals surface area contributed by atoms with Crippen molar-refractivity contribution in [1.82, 2.24) is 9.55 Å². The number of hydrogen-bond acceptors (Lipinski definition) is 3. The first-order valence-electron chi connectivity index (χ1n) is 6.13. The second-order valence-electron chi connectivity index (χ2n) is 4.63. The monoisotopic (exact) mass is 231 g/mol. The lowest BCUT2D eigenvalue weighted by atomic mass is 10.3. The molecule has 0 unspecified atom stereocenters. The molecule has 0 bridgehead atoms. The van der Waals surface area contributed by atoms with Gasteiger partial charge in [0.1, 0.15) is 0 Å². The number of nitrogens with two attached hydrogens (primary N) is 1. The number of benzene rings is 1. The van der Waals surface area contributed by atoms with Crippen LogP contribution in [0.3, 0.4) is 0 Å². The average Bonchev–Trinajstić information content (AvgIpc) is 3.09. The number of nitrogens with zero attached hydrogens (tertiary/aromatic N) is 2. The summed E-state index contributed by atoms with van der Waals surface area (Å²) in [6.45, 7) is 2.38. The fraction of sp³-hybridized carbons (Fsp3) is 0.462. The number of hydrogen-bond donors (Lipinski definition) is 1. The second kappa shape index (κ2) is 4.37. The zero-order chi connectivity index (χ0) is 11.7. The molecular weight excluding hydrogens is 214 g/mol. The minimum atomic E-state index is 0.571. The van der Waals surface area contributed by atoms with E-state index in [4.69, 9.17) is 10.5 Å². The Morgan fingerprint density at radius 1 is 1.35 bits per heavy atom. The molecule has 2 N–H and O–H groups in total. The van der Waals surface area contributed by atoms with E-state index in [1.807, 2.05) is 28.8 Å². The molecule has 0 saturated heterocycles. The van der Waals surface area contributed by atoms with Gasteiger partial charge in [-0.2, -0.15) is 0 Å². The van der Waals surface area contributed by atoms with E-state index in [0.29, 0.717) is 12.6 Å². The fourth-order valence-electron chi connectivity index (χ4n) is 2.02. The lowest BCUT2D eigenvalue weighted by Gasteiger charge is -2.07. The molecule has 1 heterocycles. The van der Waals surface area contributed by atoms with Gasteiger partial charge in [0.15, 0.2) is 0 Å². The summed E-state index contributed by atoms with van der Waals surface area (Å²) in [4.78, 5) is 4.32. The van der Waals surface area contributed by atoms with Gasteiger partial charge in [-0.25, -0.2) is 4.98 Å². The van der Waals surface area contributed by atoms with Gasteiger partial charge in [0.05, 0.1) is 17.6 Å². The summed E-state index contributed by atoms with van der Waals surface area (Å²) in [5.74, 6) is 1.38. The average molecular weight is 231 g/mol. The molecule has 0 spiro atoms. The van der Waals surface area contributed by atoms with E-state index in [1.165, 1.54) is 12.8 Å². The first-order chi connectivity index (χ1) is 8.34. The van der Waals surface area contributed by atoms with Gasteiger partial charge in [0, 0.05) is 13.2 Å². The predicted molar refractivity (Wildman–Crippen MR) is 67.7 cm³/mol. The van der Waals surface area contributed by atoms with Crippen molar-refractivity contribution < 1.29 is 4.74 Å². The van der Waals surface area contributed by atoms with E-state index >= 15 is 0 Å². The van der Waals surface area contributed by atoms with E-state index < -0.39 is 0 Å². The number of para-hydroxylation sites is 2. The van der Waals surface area contributed by atoms with Crippen LogP contribution in [0, 0.1) is 5.92 Å². The van der Waals surface area contributed by atoms with Gasteiger partial charge in [-0.05, 0) is 30.9 Å². The van der Waals surface area contributed by atoms with Gasteiger partial charge < -0.3 is 15.0 Å². The molecule has 0 radical (unpaired) electrons. The lowest BCUT2D eigenvalue weighted by Crippen LogP contribution is -2.10. The van der Waals surface area contributed by atoms with Gasteiger partial charge in [-0.3, -0.25) is 0 Å². The summed E-state index contributed by atoms with van der Waals surface area (Å²) in [6, 6.07) is 8.00. The summed E-state index contributed by atoms with van der Waals surface area (Å²) in [5, 5.41) is 0. The van der Waals surface area contributed by atoms with E-state index in [9.17, 15) is 0 Å². The highest BCUT2D eigenvalue weighted by molar-refractivity contribution is 5.78. The minimum Gasteiger partial charge on any atom is -0.379 e. The maximum Gasteiger partial charge on any atom is 0.201 e. The summed E-state index contributed by atoms with van der Waals surface area (Å²) >= 11 is 0. The Kier molecular flexibility index (Phi) is 2.73. The second-order valence-corrected chi connectivity index (χ2v) is 4.63. The number of fused-ring (bicyclic) bond motifs is 1. The van der Waals surface area contributed by atoms with Crippen molar-refractivity contribution >= 4 is 17.0 Å². The first-order valence-corrected chi connectivity index (χ1v) is 6.13. The third kappa shape index (κ3) is 2.26. The van der Waals surface area contributed by atoms with Crippen LogP contribution < -0.4 is 5.73 Å². The molecule has 4 heteroatoms. The van der Waals surface area contributed by atoms with Gasteiger partial charge in [0.2, 0.25) is 5.95 Å². The van der Waals surface area contributed by atoms with Gasteiger partial charge in [-0.15, -0.1) is 0 Å². The maximum absolute atomic E-state index is 5.90. The zero-order valence-electron chi connectivity index (χ0n) is 9.80. The van der Waals surface area contributed by atoms with Crippen molar-refractivity contribution in [3.05, 3.63) is 24.3 Å². The first kappa shape index (κ1) is 10.6. The molecule has 1 saturated carbocycles. The van der Waals surface area contributed by atoms with Crippen LogP contribution in [0.2, 0.25) is 0 Å². The van der Waals surface area contributed by atoms with Crippen LogP contribution in [0.4, 0.5) is 5.95 Å². The number of ether oxygens (including phenoxy) is 1. The highest BCUT2D eigenvalue weighted by Gasteiger charge is 2.21. The van der Waals surface area contributed by atoms with Crippen molar-refractivity contribution in [2.45, 2.75) is 19.4 Å². The van der Waals surface area contributed by atoms with Crippen LogP contribution >= 0.6 is 0 Å². The SMILES string of the molecule is Nc1nc2ccccc2n1CCOCC1CC1. The third-order valence-corrected chi connectivity index (χ3v) is 3.19. The van der Waals surface area contributed by atoms with E-state index in [1.54, 1.807) is 0 Å². The molecule has 1 aliphatic rings. The number of aromatic nitrogens is 2. The lowest BCUT2D eigenvalue weighted by molar-refractivity contribution is 0.118. The number of rotatable bonds is 5.